The van der Waals surface area contributed by atoms with Crippen molar-refractivity contribution in [3.05, 3.63) is 30.1 Å². The molecule has 1 heterocycles. The summed E-state index contributed by atoms with van der Waals surface area (Å²) in [5, 5.41) is 6.43. The van der Waals surface area contributed by atoms with E-state index in [1.54, 1.807) is 12.1 Å². The predicted octanol–water partition coefficient (Wildman–Crippen LogP) is 2.69. The number of hydrogen-bond donors (Lipinski definition) is 2. The number of piperazine rings is 1. The molecule has 8 heteroatoms. The van der Waals surface area contributed by atoms with Crippen LogP contribution in [-0.4, -0.2) is 62.6 Å². The van der Waals surface area contributed by atoms with Crippen molar-refractivity contribution in [3.63, 3.8) is 0 Å². The maximum absolute atomic E-state index is 13.0. The van der Waals surface area contributed by atoms with Crippen LogP contribution < -0.4 is 15.5 Å². The second-order valence-corrected chi connectivity index (χ2v) is 7.13. The summed E-state index contributed by atoms with van der Waals surface area (Å²) in [6.07, 6.45) is 0.447. The number of halogens is 2. The van der Waals surface area contributed by atoms with Crippen LogP contribution in [0, 0.1) is 11.7 Å². The number of aliphatic imine (C=N–C) groups is 1. The fourth-order valence-electron chi connectivity index (χ4n) is 2.93. The molecule has 2 rings (SSSR count). The van der Waals surface area contributed by atoms with Crippen LogP contribution in [0.25, 0.3) is 0 Å². The third-order valence-corrected chi connectivity index (χ3v) is 4.41. The number of amides is 1. The number of carbonyl (C=O) groups is 1. The molecule has 0 aliphatic carbocycles. The topological polar surface area (TPSA) is 60.0 Å². The highest BCUT2D eigenvalue weighted by atomic mass is 127. The summed E-state index contributed by atoms with van der Waals surface area (Å²) in [6, 6.07) is 6.52. The molecule has 0 radical (unpaired) electrons. The van der Waals surface area contributed by atoms with Gasteiger partial charge in [-0.1, -0.05) is 13.8 Å². The van der Waals surface area contributed by atoms with E-state index in [4.69, 9.17) is 0 Å². The van der Waals surface area contributed by atoms with Gasteiger partial charge < -0.3 is 20.4 Å². The molecule has 1 fully saturated rings. The Morgan fingerprint density at radius 3 is 2.36 bits per heavy atom. The number of benzene rings is 1. The Morgan fingerprint density at radius 1 is 1.14 bits per heavy atom. The SMILES string of the molecule is CCNC(=NCC(C)C)NCCC(=O)N1CCN(c2ccc(F)cc2)CC1.I. The summed E-state index contributed by atoms with van der Waals surface area (Å²) >= 11 is 0. The summed E-state index contributed by atoms with van der Waals surface area (Å²) < 4.78 is 13.0. The van der Waals surface area contributed by atoms with E-state index in [-0.39, 0.29) is 35.7 Å². The Labute approximate surface area is 185 Å². The normalized spacial score (nSPS) is 14.7. The molecule has 2 N–H and O–H groups in total. The van der Waals surface area contributed by atoms with Crippen molar-refractivity contribution in [1.29, 1.82) is 0 Å². The minimum atomic E-state index is -0.228. The monoisotopic (exact) mass is 505 g/mol. The van der Waals surface area contributed by atoms with Gasteiger partial charge in [0.05, 0.1) is 0 Å². The van der Waals surface area contributed by atoms with Crippen molar-refractivity contribution in [3.8, 4) is 0 Å². The largest absolute Gasteiger partial charge is 0.368 e. The lowest BCUT2D eigenvalue weighted by molar-refractivity contribution is -0.131. The Hall–Kier alpha value is -1.58. The Morgan fingerprint density at radius 2 is 1.79 bits per heavy atom. The fourth-order valence-corrected chi connectivity index (χ4v) is 2.93. The maximum atomic E-state index is 13.0. The highest BCUT2D eigenvalue weighted by Gasteiger charge is 2.21. The number of nitrogens with zero attached hydrogens (tertiary/aromatic N) is 3. The smallest absolute Gasteiger partial charge is 0.224 e. The molecule has 1 amide bonds. The first-order valence-electron chi connectivity index (χ1n) is 9.80. The predicted molar refractivity (Wildman–Crippen MR) is 124 cm³/mol. The molecule has 1 aliphatic heterocycles. The van der Waals surface area contributed by atoms with Crippen molar-refractivity contribution < 1.29 is 9.18 Å². The van der Waals surface area contributed by atoms with Crippen molar-refractivity contribution in [2.75, 3.05) is 50.7 Å². The van der Waals surface area contributed by atoms with E-state index >= 15 is 0 Å². The Kier molecular flexibility index (Phi) is 11.2. The lowest BCUT2D eigenvalue weighted by Gasteiger charge is -2.36. The van der Waals surface area contributed by atoms with Gasteiger partial charge >= 0.3 is 0 Å². The molecule has 28 heavy (non-hydrogen) atoms. The van der Waals surface area contributed by atoms with E-state index in [1.165, 1.54) is 12.1 Å². The van der Waals surface area contributed by atoms with Crippen LogP contribution in [0.3, 0.4) is 0 Å². The van der Waals surface area contributed by atoms with Crippen LogP contribution in [0.2, 0.25) is 0 Å². The number of hydrogen-bond acceptors (Lipinski definition) is 3. The summed E-state index contributed by atoms with van der Waals surface area (Å²) in [6.45, 7) is 11.3. The van der Waals surface area contributed by atoms with Gasteiger partial charge in [-0.25, -0.2) is 4.39 Å². The van der Waals surface area contributed by atoms with Crippen LogP contribution >= 0.6 is 24.0 Å². The molecule has 0 bridgehead atoms. The molecule has 0 unspecified atom stereocenters. The number of anilines is 1. The van der Waals surface area contributed by atoms with Crippen molar-refractivity contribution >= 4 is 41.5 Å². The van der Waals surface area contributed by atoms with Crippen LogP contribution in [-0.2, 0) is 4.79 Å². The Bertz CT molecular complexity index is 616. The van der Waals surface area contributed by atoms with Gasteiger partial charge in [-0.05, 0) is 37.1 Å². The molecule has 0 atom stereocenters. The second-order valence-electron chi connectivity index (χ2n) is 7.13. The molecule has 6 nitrogen and oxygen atoms in total. The fraction of sp³-hybridized carbons (Fsp3) is 0.600. The van der Waals surface area contributed by atoms with E-state index in [9.17, 15) is 9.18 Å². The molecule has 1 aromatic rings. The molecular weight excluding hydrogens is 472 g/mol. The lowest BCUT2D eigenvalue weighted by Crippen LogP contribution is -2.49. The zero-order valence-electron chi connectivity index (χ0n) is 17.1. The standard InChI is InChI=1S/C20H32FN5O.HI/c1-4-22-20(24-15-16(2)3)23-10-9-19(27)26-13-11-25(12-14-26)18-7-5-17(21)6-8-18;/h5-8,16H,4,9-15H2,1-3H3,(H2,22,23,24);1H. The zero-order valence-corrected chi connectivity index (χ0v) is 19.4. The van der Waals surface area contributed by atoms with Crippen LogP contribution in [0.5, 0.6) is 0 Å². The summed E-state index contributed by atoms with van der Waals surface area (Å²) in [4.78, 5) is 21.0. The van der Waals surface area contributed by atoms with Crippen LogP contribution in [0.1, 0.15) is 27.2 Å². The third kappa shape index (κ3) is 8.20. The molecule has 0 saturated carbocycles. The van der Waals surface area contributed by atoms with E-state index in [0.29, 0.717) is 32.0 Å². The van der Waals surface area contributed by atoms with Crippen molar-refractivity contribution in [2.24, 2.45) is 10.9 Å². The maximum Gasteiger partial charge on any atom is 0.224 e. The van der Waals surface area contributed by atoms with Gasteiger partial charge in [0.2, 0.25) is 5.91 Å². The highest BCUT2D eigenvalue weighted by molar-refractivity contribution is 14.0. The molecule has 1 aliphatic rings. The molecule has 158 valence electrons. The van der Waals surface area contributed by atoms with Crippen LogP contribution in [0.4, 0.5) is 10.1 Å². The van der Waals surface area contributed by atoms with E-state index in [2.05, 4.69) is 34.4 Å². The number of rotatable bonds is 7. The van der Waals surface area contributed by atoms with Gasteiger partial charge in [0.15, 0.2) is 5.96 Å². The highest BCUT2D eigenvalue weighted by Crippen LogP contribution is 2.17. The quantitative estimate of drug-likeness (QED) is 0.340. The lowest BCUT2D eigenvalue weighted by atomic mass is 10.2. The summed E-state index contributed by atoms with van der Waals surface area (Å²) in [5.41, 5.74) is 1.00. The van der Waals surface area contributed by atoms with Gasteiger partial charge in [-0.3, -0.25) is 9.79 Å². The van der Waals surface area contributed by atoms with Gasteiger partial charge in [0.25, 0.3) is 0 Å². The van der Waals surface area contributed by atoms with Crippen molar-refractivity contribution in [2.45, 2.75) is 27.2 Å². The average Bonchev–Trinajstić information content (AvgIpc) is 2.66. The first-order valence-corrected chi connectivity index (χ1v) is 9.80. The minimum absolute atomic E-state index is 0. The molecule has 1 saturated heterocycles. The van der Waals surface area contributed by atoms with E-state index in [1.807, 2.05) is 11.8 Å². The minimum Gasteiger partial charge on any atom is -0.368 e. The first-order chi connectivity index (χ1) is 13.0. The third-order valence-electron chi connectivity index (χ3n) is 4.41. The molecule has 0 spiro atoms. The summed E-state index contributed by atoms with van der Waals surface area (Å²) in [7, 11) is 0. The van der Waals surface area contributed by atoms with E-state index < -0.39 is 0 Å². The van der Waals surface area contributed by atoms with Gasteiger partial charge in [-0.15, -0.1) is 24.0 Å². The van der Waals surface area contributed by atoms with Crippen LogP contribution in [0.15, 0.2) is 29.3 Å². The Balaban J connectivity index is 0.00000392. The first kappa shape index (κ1) is 24.5. The van der Waals surface area contributed by atoms with E-state index in [0.717, 1.165) is 37.8 Å². The van der Waals surface area contributed by atoms with Gasteiger partial charge in [0.1, 0.15) is 5.82 Å². The number of carbonyl (C=O) groups excluding carboxylic acids is 1. The second kappa shape index (κ2) is 12.8. The molecule has 0 aromatic heterocycles. The summed E-state index contributed by atoms with van der Waals surface area (Å²) in [5.74, 6) is 1.19. The average molecular weight is 505 g/mol. The van der Waals surface area contributed by atoms with Gasteiger partial charge in [-0.2, -0.15) is 0 Å². The van der Waals surface area contributed by atoms with Gasteiger partial charge in [0, 0.05) is 57.9 Å². The zero-order chi connectivity index (χ0) is 19.6. The molecule has 1 aromatic carbocycles. The molecular formula is C20H33FIN5O. The number of guanidine groups is 1. The number of nitrogens with one attached hydrogen (secondary N) is 2. The van der Waals surface area contributed by atoms with Crippen molar-refractivity contribution in [1.82, 2.24) is 15.5 Å².